The summed E-state index contributed by atoms with van der Waals surface area (Å²) in [6.07, 6.45) is 24.7. The molecule has 1 aliphatic heterocycles. The third-order valence-corrected chi connectivity index (χ3v) is 9.09. The topological polar surface area (TPSA) is 152 Å². The van der Waals surface area contributed by atoms with Gasteiger partial charge in [-0.05, 0) is 44.9 Å². The fourth-order valence-electron chi connectivity index (χ4n) is 5.86. The van der Waals surface area contributed by atoms with Crippen molar-refractivity contribution in [2.24, 2.45) is 0 Å². The average Bonchev–Trinajstić information content (AvgIpc) is 3.11. The SMILES string of the molecule is CCCCC/C=C/C/C=C/CCCCCCCC(=O)OC[C@@H](CO[C@H]1O[C@@H](CO)[C@@H](O)C(O)C1O)OC(=O)CCCCCCCCCCCC. The van der Waals surface area contributed by atoms with Crippen molar-refractivity contribution in [1.29, 1.82) is 0 Å². The standard InChI is InChI=1S/C40H72O10/c1-3-5-7-9-11-13-15-16-17-18-19-21-22-24-26-28-35(42)47-31-33(32-48-40-39(46)38(45)37(44)34(30-41)50-40)49-36(43)29-27-25-23-20-14-12-10-8-6-4-2/h11,13,16-17,33-34,37-41,44-46H,3-10,12,14-15,18-32H2,1-2H3/b13-11+,17-16+/t33-,34-,37+,38?,39?,40-/m0/s1. The van der Waals surface area contributed by atoms with Crippen LogP contribution >= 0.6 is 0 Å². The Balaban J connectivity index is 2.38. The Hall–Kier alpha value is -1.82. The molecule has 1 saturated heterocycles. The van der Waals surface area contributed by atoms with Crippen molar-refractivity contribution >= 4 is 11.9 Å². The van der Waals surface area contributed by atoms with Crippen LogP contribution in [0.25, 0.3) is 0 Å². The molecule has 50 heavy (non-hydrogen) atoms. The summed E-state index contributed by atoms with van der Waals surface area (Å²) in [4.78, 5) is 25.1. The molecule has 1 fully saturated rings. The minimum Gasteiger partial charge on any atom is -0.462 e. The average molecular weight is 713 g/mol. The number of hydrogen-bond acceptors (Lipinski definition) is 10. The van der Waals surface area contributed by atoms with Gasteiger partial charge in [0, 0.05) is 12.8 Å². The van der Waals surface area contributed by atoms with Crippen LogP contribution in [0.1, 0.15) is 162 Å². The Kier molecular flexibility index (Phi) is 29.5. The second-order valence-corrected chi connectivity index (χ2v) is 13.7. The summed E-state index contributed by atoms with van der Waals surface area (Å²) in [7, 11) is 0. The van der Waals surface area contributed by atoms with E-state index in [1.54, 1.807) is 0 Å². The zero-order valence-corrected chi connectivity index (χ0v) is 31.4. The van der Waals surface area contributed by atoms with Gasteiger partial charge in [-0.3, -0.25) is 9.59 Å². The van der Waals surface area contributed by atoms with Crippen molar-refractivity contribution in [3.05, 3.63) is 24.3 Å². The summed E-state index contributed by atoms with van der Waals surface area (Å²) < 4.78 is 22.0. The number of aliphatic hydroxyl groups excluding tert-OH is 4. The smallest absolute Gasteiger partial charge is 0.306 e. The zero-order chi connectivity index (χ0) is 36.7. The van der Waals surface area contributed by atoms with Gasteiger partial charge in [0.25, 0.3) is 0 Å². The van der Waals surface area contributed by atoms with Gasteiger partial charge in [0.2, 0.25) is 0 Å². The van der Waals surface area contributed by atoms with Gasteiger partial charge in [-0.2, -0.15) is 0 Å². The van der Waals surface area contributed by atoms with E-state index >= 15 is 0 Å². The van der Waals surface area contributed by atoms with E-state index in [-0.39, 0.29) is 32.0 Å². The maximum absolute atomic E-state index is 12.7. The Morgan fingerprint density at radius 2 is 1.12 bits per heavy atom. The van der Waals surface area contributed by atoms with Gasteiger partial charge in [-0.1, -0.05) is 128 Å². The second kappa shape index (κ2) is 31.9. The number of allylic oxidation sites excluding steroid dienone is 4. The Morgan fingerprint density at radius 1 is 0.620 bits per heavy atom. The van der Waals surface area contributed by atoms with Crippen LogP contribution in [0.2, 0.25) is 0 Å². The lowest BCUT2D eigenvalue weighted by atomic mass is 9.99. The van der Waals surface area contributed by atoms with Gasteiger partial charge in [0.05, 0.1) is 13.2 Å². The van der Waals surface area contributed by atoms with Crippen LogP contribution in [0.5, 0.6) is 0 Å². The quantitative estimate of drug-likeness (QED) is 0.0316. The van der Waals surface area contributed by atoms with Crippen LogP contribution in [-0.2, 0) is 28.5 Å². The number of aliphatic hydroxyl groups is 4. The second-order valence-electron chi connectivity index (χ2n) is 13.7. The van der Waals surface area contributed by atoms with Gasteiger partial charge in [0.1, 0.15) is 31.0 Å². The van der Waals surface area contributed by atoms with Gasteiger partial charge in [0.15, 0.2) is 12.4 Å². The summed E-state index contributed by atoms with van der Waals surface area (Å²) in [6, 6.07) is 0. The summed E-state index contributed by atoms with van der Waals surface area (Å²) in [6.45, 7) is 3.35. The minimum absolute atomic E-state index is 0.222. The number of carbonyl (C=O) groups is 2. The number of rotatable bonds is 32. The van der Waals surface area contributed by atoms with Crippen molar-refractivity contribution in [3.63, 3.8) is 0 Å². The lowest BCUT2D eigenvalue weighted by Crippen LogP contribution is -2.59. The molecule has 292 valence electrons. The fraction of sp³-hybridized carbons (Fsp3) is 0.850. The number of esters is 2. The third-order valence-electron chi connectivity index (χ3n) is 9.09. The predicted molar refractivity (Wildman–Crippen MR) is 196 cm³/mol. The lowest BCUT2D eigenvalue weighted by molar-refractivity contribution is -0.305. The van der Waals surface area contributed by atoms with Crippen molar-refractivity contribution in [2.45, 2.75) is 198 Å². The molecule has 10 heteroatoms. The first-order chi connectivity index (χ1) is 24.3. The van der Waals surface area contributed by atoms with Gasteiger partial charge < -0.3 is 39.4 Å². The number of hydrogen-bond donors (Lipinski definition) is 4. The van der Waals surface area contributed by atoms with Gasteiger partial charge in [-0.15, -0.1) is 0 Å². The number of carbonyl (C=O) groups excluding carboxylic acids is 2. The Bertz CT molecular complexity index is 876. The normalized spacial score (nSPS) is 21.6. The zero-order valence-electron chi connectivity index (χ0n) is 31.4. The largest absolute Gasteiger partial charge is 0.462 e. The maximum Gasteiger partial charge on any atom is 0.306 e. The molecule has 10 nitrogen and oxygen atoms in total. The van der Waals surface area contributed by atoms with Crippen LogP contribution in [0.15, 0.2) is 24.3 Å². The van der Waals surface area contributed by atoms with E-state index in [4.69, 9.17) is 18.9 Å². The number of ether oxygens (including phenoxy) is 4. The molecule has 0 bridgehead atoms. The van der Waals surface area contributed by atoms with E-state index in [9.17, 15) is 30.0 Å². The summed E-state index contributed by atoms with van der Waals surface area (Å²) >= 11 is 0. The molecule has 1 aliphatic rings. The first-order valence-corrected chi connectivity index (χ1v) is 19.9. The van der Waals surface area contributed by atoms with E-state index in [2.05, 4.69) is 38.2 Å². The summed E-state index contributed by atoms with van der Waals surface area (Å²) in [5, 5.41) is 39.9. The first-order valence-electron chi connectivity index (χ1n) is 19.9. The molecule has 2 unspecified atom stereocenters. The Morgan fingerprint density at radius 3 is 1.70 bits per heavy atom. The van der Waals surface area contributed by atoms with E-state index < -0.39 is 49.4 Å². The number of unbranched alkanes of at least 4 members (excludes halogenated alkanes) is 17. The molecule has 1 rings (SSSR count). The van der Waals surface area contributed by atoms with Crippen LogP contribution < -0.4 is 0 Å². The highest BCUT2D eigenvalue weighted by Crippen LogP contribution is 2.22. The molecule has 0 amide bonds. The fourth-order valence-corrected chi connectivity index (χ4v) is 5.86. The third kappa shape index (κ3) is 23.6. The van der Waals surface area contributed by atoms with Gasteiger partial charge in [-0.25, -0.2) is 0 Å². The molecular weight excluding hydrogens is 640 g/mol. The molecule has 0 radical (unpaired) electrons. The van der Waals surface area contributed by atoms with Gasteiger partial charge >= 0.3 is 11.9 Å². The molecule has 0 aliphatic carbocycles. The molecule has 0 saturated carbocycles. The van der Waals surface area contributed by atoms with E-state index in [1.807, 2.05) is 0 Å². The van der Waals surface area contributed by atoms with Crippen molar-refractivity contribution in [2.75, 3.05) is 19.8 Å². The molecule has 0 aromatic heterocycles. The van der Waals surface area contributed by atoms with E-state index in [0.717, 1.165) is 57.8 Å². The molecule has 1 heterocycles. The van der Waals surface area contributed by atoms with Crippen LogP contribution in [0.3, 0.4) is 0 Å². The summed E-state index contributed by atoms with van der Waals surface area (Å²) in [5.74, 6) is -0.823. The molecule has 4 N–H and O–H groups in total. The lowest BCUT2D eigenvalue weighted by Gasteiger charge is -2.39. The monoisotopic (exact) mass is 713 g/mol. The van der Waals surface area contributed by atoms with Crippen LogP contribution in [-0.4, -0.2) is 89.0 Å². The maximum atomic E-state index is 12.7. The predicted octanol–water partition coefficient (Wildman–Crippen LogP) is 7.38. The highest BCUT2D eigenvalue weighted by atomic mass is 16.7. The van der Waals surface area contributed by atoms with E-state index in [1.165, 1.54) is 64.2 Å². The summed E-state index contributed by atoms with van der Waals surface area (Å²) in [5.41, 5.74) is 0. The Labute approximate surface area is 303 Å². The highest BCUT2D eigenvalue weighted by molar-refractivity contribution is 5.70. The minimum atomic E-state index is -1.59. The highest BCUT2D eigenvalue weighted by Gasteiger charge is 2.44. The molecule has 0 aromatic rings. The molecule has 6 atom stereocenters. The molecule has 0 spiro atoms. The van der Waals surface area contributed by atoms with Crippen molar-refractivity contribution in [3.8, 4) is 0 Å². The molecular formula is C40H72O10. The van der Waals surface area contributed by atoms with E-state index in [0.29, 0.717) is 12.8 Å². The van der Waals surface area contributed by atoms with Crippen molar-refractivity contribution in [1.82, 2.24) is 0 Å². The first kappa shape index (κ1) is 46.2. The van der Waals surface area contributed by atoms with Crippen LogP contribution in [0, 0.1) is 0 Å². The molecule has 0 aromatic carbocycles. The van der Waals surface area contributed by atoms with Crippen LogP contribution in [0.4, 0.5) is 0 Å². The van der Waals surface area contributed by atoms with Crippen molar-refractivity contribution < 1.29 is 49.0 Å².